The Bertz CT molecular complexity index is 1350. The quantitative estimate of drug-likeness (QED) is 0.241. The number of hydrogen-bond acceptors (Lipinski definition) is 9. The molecule has 2 aromatic rings. The molecule has 0 aromatic heterocycles. The Kier molecular flexibility index (Phi) is 9.28. The van der Waals surface area contributed by atoms with Crippen LogP contribution in [0.25, 0.3) is 0 Å². The summed E-state index contributed by atoms with van der Waals surface area (Å²) < 4.78 is 58.6. The maximum absolute atomic E-state index is 13.7. The van der Waals surface area contributed by atoms with Gasteiger partial charge in [0.1, 0.15) is 6.10 Å². The van der Waals surface area contributed by atoms with E-state index in [-0.39, 0.29) is 36.0 Å². The third-order valence-electron chi connectivity index (χ3n) is 6.52. The van der Waals surface area contributed by atoms with E-state index in [0.29, 0.717) is 24.1 Å². The Morgan fingerprint density at radius 2 is 1.90 bits per heavy atom. The molecule has 2 saturated heterocycles. The molecular weight excluding hydrogens is 565 g/mol. The van der Waals surface area contributed by atoms with Crippen LogP contribution in [0.15, 0.2) is 59.5 Å². The Balaban J connectivity index is 1.67. The van der Waals surface area contributed by atoms with Crippen molar-refractivity contribution in [3.63, 3.8) is 0 Å². The third-order valence-corrected chi connectivity index (χ3v) is 9.92. The van der Waals surface area contributed by atoms with Crippen LogP contribution in [-0.4, -0.2) is 71.4 Å². The lowest BCUT2D eigenvalue weighted by atomic mass is 10.0. The fourth-order valence-electron chi connectivity index (χ4n) is 4.68. The molecule has 0 radical (unpaired) electrons. The number of non-ortho nitro benzene ring substituents is 1. The average Bonchev–Trinajstić information content (AvgIpc) is 3.49. The molecule has 0 aliphatic carbocycles. The molecule has 1 amide bonds. The second kappa shape index (κ2) is 12.3. The van der Waals surface area contributed by atoms with Crippen LogP contribution in [0.3, 0.4) is 0 Å². The first-order chi connectivity index (χ1) is 18.9. The molecule has 4 atom stereocenters. The number of carbonyl (C=O) groups excluding carboxylic acids is 1. The molecule has 40 heavy (non-hydrogen) atoms. The van der Waals surface area contributed by atoms with Crippen LogP contribution in [0.1, 0.15) is 32.3 Å². The van der Waals surface area contributed by atoms with Gasteiger partial charge in [0.25, 0.3) is 5.69 Å². The number of amides is 1. The van der Waals surface area contributed by atoms with E-state index in [4.69, 9.17) is 14.0 Å². The highest BCUT2D eigenvalue weighted by Crippen LogP contribution is 2.57. The van der Waals surface area contributed by atoms with Gasteiger partial charge in [0.15, 0.2) is 0 Å². The standard InChI is InChI=1S/C25H32N3O10PS/c1-18(2)16-26(40(34,35)21-12-10-20(11-13-21)28(30)31)17-23-22(15-19-7-4-3-5-8-19)27(39(32,33)38-23)25(29)37-24-9-6-14-36-24/h3-5,7-8,10-13,18,22-24H,6,9,14-17H2,1-2H3,(H,32,33). The van der Waals surface area contributed by atoms with Crippen LogP contribution in [0, 0.1) is 16.0 Å². The average molecular weight is 598 g/mol. The molecule has 2 fully saturated rings. The fourth-order valence-corrected chi connectivity index (χ4v) is 7.82. The van der Waals surface area contributed by atoms with Crippen molar-refractivity contribution in [3.8, 4) is 0 Å². The maximum Gasteiger partial charge on any atom is 0.438 e. The molecule has 0 bridgehead atoms. The number of benzene rings is 2. The summed E-state index contributed by atoms with van der Waals surface area (Å²) in [5.41, 5.74) is 0.463. The predicted octanol–water partition coefficient (Wildman–Crippen LogP) is 3.93. The first-order valence-corrected chi connectivity index (χ1v) is 15.8. The zero-order chi connectivity index (χ0) is 29.1. The van der Waals surface area contributed by atoms with Crippen molar-refractivity contribution in [2.75, 3.05) is 19.7 Å². The lowest BCUT2D eigenvalue weighted by Crippen LogP contribution is -2.47. The van der Waals surface area contributed by atoms with Crippen LogP contribution < -0.4 is 0 Å². The van der Waals surface area contributed by atoms with Gasteiger partial charge in [0, 0.05) is 31.6 Å². The SMILES string of the molecule is CC(C)CN(CC1OP(=O)(O)N(C(=O)OC2CCCO2)C1Cc1ccccc1)S(=O)(=O)c1ccc([N+](=O)[O-])cc1. The van der Waals surface area contributed by atoms with Gasteiger partial charge in [-0.2, -0.15) is 4.31 Å². The Hall–Kier alpha value is -2.87. The van der Waals surface area contributed by atoms with Gasteiger partial charge in [-0.25, -0.2) is 22.4 Å². The molecule has 2 aliphatic heterocycles. The van der Waals surface area contributed by atoms with Gasteiger partial charge >= 0.3 is 13.8 Å². The second-order valence-corrected chi connectivity index (χ2v) is 13.6. The number of rotatable bonds is 10. The molecule has 0 spiro atoms. The topological polar surface area (TPSA) is 166 Å². The summed E-state index contributed by atoms with van der Waals surface area (Å²) in [4.78, 5) is 34.2. The Morgan fingerprint density at radius 3 is 2.48 bits per heavy atom. The monoisotopic (exact) mass is 597 g/mol. The summed E-state index contributed by atoms with van der Waals surface area (Å²) in [6.45, 7) is 3.66. The molecule has 2 heterocycles. The van der Waals surface area contributed by atoms with Gasteiger partial charge in [-0.3, -0.25) is 14.6 Å². The van der Waals surface area contributed by atoms with Gasteiger partial charge in [-0.15, -0.1) is 0 Å². The number of sulfonamides is 1. The van der Waals surface area contributed by atoms with Gasteiger partial charge in [0.2, 0.25) is 16.3 Å². The molecule has 2 aliphatic rings. The third kappa shape index (κ3) is 6.88. The number of ether oxygens (including phenoxy) is 2. The zero-order valence-corrected chi connectivity index (χ0v) is 23.8. The van der Waals surface area contributed by atoms with Gasteiger partial charge in [-0.1, -0.05) is 44.2 Å². The van der Waals surface area contributed by atoms with Crippen molar-refractivity contribution in [2.45, 2.75) is 56.4 Å². The van der Waals surface area contributed by atoms with Crippen LogP contribution in [0.5, 0.6) is 0 Å². The summed E-state index contributed by atoms with van der Waals surface area (Å²) >= 11 is 0. The number of nitro groups is 1. The highest BCUT2D eigenvalue weighted by Gasteiger charge is 2.54. The molecule has 4 rings (SSSR count). The van der Waals surface area contributed by atoms with E-state index < -0.39 is 47.2 Å². The molecule has 218 valence electrons. The first-order valence-electron chi connectivity index (χ1n) is 12.8. The van der Waals surface area contributed by atoms with E-state index >= 15 is 0 Å². The van der Waals surface area contributed by atoms with Crippen molar-refractivity contribution in [3.05, 3.63) is 70.3 Å². The Morgan fingerprint density at radius 1 is 1.23 bits per heavy atom. The van der Waals surface area contributed by atoms with Crippen LogP contribution in [-0.2, 0) is 35.0 Å². The number of carbonyl (C=O) groups is 1. The van der Waals surface area contributed by atoms with E-state index in [1.165, 1.54) is 0 Å². The lowest BCUT2D eigenvalue weighted by molar-refractivity contribution is -0.384. The predicted molar refractivity (Wildman–Crippen MR) is 143 cm³/mol. The van der Waals surface area contributed by atoms with Gasteiger partial charge in [0.05, 0.1) is 22.5 Å². The molecule has 2 aromatic carbocycles. The van der Waals surface area contributed by atoms with Crippen molar-refractivity contribution < 1.29 is 41.6 Å². The summed E-state index contributed by atoms with van der Waals surface area (Å²) in [7, 11) is -8.95. The van der Waals surface area contributed by atoms with Crippen molar-refractivity contribution in [2.24, 2.45) is 5.92 Å². The second-order valence-electron chi connectivity index (χ2n) is 10.0. The Labute approximate surface area is 232 Å². The van der Waals surface area contributed by atoms with E-state index in [2.05, 4.69) is 0 Å². The largest absolute Gasteiger partial charge is 0.438 e. The van der Waals surface area contributed by atoms with E-state index in [0.717, 1.165) is 34.1 Å². The summed E-state index contributed by atoms with van der Waals surface area (Å²) in [6.07, 6.45) is -1.94. The lowest BCUT2D eigenvalue weighted by Gasteiger charge is -2.30. The molecule has 1 N–H and O–H groups in total. The highest BCUT2D eigenvalue weighted by atomic mass is 32.2. The van der Waals surface area contributed by atoms with Crippen LogP contribution in [0.4, 0.5) is 10.5 Å². The van der Waals surface area contributed by atoms with Crippen molar-refractivity contribution in [1.29, 1.82) is 0 Å². The summed E-state index contributed by atoms with van der Waals surface area (Å²) in [5.74, 6) is -0.150. The molecular formula is C25H32N3O10PS. The van der Waals surface area contributed by atoms with Crippen molar-refractivity contribution >= 4 is 29.6 Å². The van der Waals surface area contributed by atoms with Gasteiger partial charge < -0.3 is 14.4 Å². The molecule has 15 heteroatoms. The minimum atomic E-state index is -4.74. The fraction of sp³-hybridized carbons (Fsp3) is 0.480. The smallest absolute Gasteiger partial charge is 0.419 e. The van der Waals surface area contributed by atoms with E-state index in [9.17, 15) is 32.8 Å². The van der Waals surface area contributed by atoms with E-state index in [1.54, 1.807) is 44.2 Å². The van der Waals surface area contributed by atoms with Crippen LogP contribution in [0.2, 0.25) is 0 Å². The highest BCUT2D eigenvalue weighted by molar-refractivity contribution is 7.89. The number of nitro benzene ring substituents is 1. The zero-order valence-electron chi connectivity index (χ0n) is 22.1. The molecule has 13 nitrogen and oxygen atoms in total. The number of hydrogen-bond donors (Lipinski definition) is 1. The van der Waals surface area contributed by atoms with Gasteiger partial charge in [-0.05, 0) is 36.5 Å². The first kappa shape index (κ1) is 30.1. The molecule has 0 saturated carbocycles. The normalized spacial score (nSPS) is 25.0. The summed E-state index contributed by atoms with van der Waals surface area (Å²) in [6, 6.07) is 12.3. The summed E-state index contributed by atoms with van der Waals surface area (Å²) in [5, 5.41) is 11.0. The minimum Gasteiger partial charge on any atom is -0.419 e. The van der Waals surface area contributed by atoms with Crippen LogP contribution >= 0.6 is 7.75 Å². The number of nitrogens with zero attached hydrogens (tertiary/aromatic N) is 3. The maximum atomic E-state index is 13.7. The van der Waals surface area contributed by atoms with E-state index in [1.807, 2.05) is 0 Å². The van der Waals surface area contributed by atoms with Crippen molar-refractivity contribution in [1.82, 2.24) is 8.98 Å². The minimum absolute atomic E-state index is 0.0212. The molecule has 4 unspecified atom stereocenters.